The van der Waals surface area contributed by atoms with Crippen molar-refractivity contribution < 1.29 is 0 Å². The molecule has 2 atom stereocenters. The Morgan fingerprint density at radius 3 is 1.31 bits per heavy atom. The van der Waals surface area contributed by atoms with Gasteiger partial charge >= 0.3 is 0 Å². The maximum absolute atomic E-state index is 2.52. The molecule has 0 nitrogen and oxygen atoms in total. The van der Waals surface area contributed by atoms with E-state index in [1.165, 1.54) is 91.0 Å². The van der Waals surface area contributed by atoms with Crippen LogP contribution in [0, 0.1) is 0 Å². The van der Waals surface area contributed by atoms with E-state index >= 15 is 0 Å². The molecule has 0 spiro atoms. The minimum absolute atomic E-state index is 0.606. The van der Waals surface area contributed by atoms with Crippen molar-refractivity contribution in [3.05, 3.63) is 119 Å². The van der Waals surface area contributed by atoms with Crippen molar-refractivity contribution in [1.29, 1.82) is 0 Å². The highest BCUT2D eigenvalue weighted by atomic mass is 14.4. The summed E-state index contributed by atoms with van der Waals surface area (Å²) in [6.07, 6.45) is 7.26. The molecule has 1 saturated carbocycles. The maximum Gasteiger partial charge on any atom is -0.00926 e. The number of hydrogen-bond donors (Lipinski definition) is 0. The molecule has 0 radical (unpaired) electrons. The van der Waals surface area contributed by atoms with Crippen LogP contribution in [0.5, 0.6) is 0 Å². The molecule has 5 aliphatic rings. The van der Waals surface area contributed by atoms with Gasteiger partial charge in [0.05, 0.1) is 0 Å². The highest BCUT2D eigenvalue weighted by Gasteiger charge is 2.33. The van der Waals surface area contributed by atoms with Crippen LogP contribution in [0.15, 0.2) is 97.1 Å². The van der Waals surface area contributed by atoms with Crippen LogP contribution >= 0.6 is 0 Å². The molecule has 0 saturated heterocycles. The zero-order chi connectivity index (χ0) is 23.6. The van der Waals surface area contributed by atoms with Gasteiger partial charge in [0.2, 0.25) is 0 Å². The van der Waals surface area contributed by atoms with Crippen LogP contribution in [0.1, 0.15) is 59.8 Å². The minimum atomic E-state index is 0.606. The molecule has 0 aliphatic heterocycles. The summed E-state index contributed by atoms with van der Waals surface area (Å²) in [7, 11) is 0. The Balaban J connectivity index is 1.37. The van der Waals surface area contributed by atoms with Crippen molar-refractivity contribution in [3.8, 4) is 0 Å². The molecule has 36 heavy (non-hydrogen) atoms. The van der Waals surface area contributed by atoms with Crippen LogP contribution < -0.4 is 0 Å². The van der Waals surface area contributed by atoms with Gasteiger partial charge in [0.25, 0.3) is 0 Å². The molecule has 11 rings (SSSR count). The van der Waals surface area contributed by atoms with Crippen LogP contribution in [0.25, 0.3) is 43.1 Å². The number of rotatable bonds is 0. The third-order valence-corrected chi connectivity index (χ3v) is 9.21. The average molecular weight is 463 g/mol. The van der Waals surface area contributed by atoms with Gasteiger partial charge in [-0.25, -0.2) is 0 Å². The molecule has 0 amide bonds. The van der Waals surface area contributed by atoms with E-state index in [-0.39, 0.29) is 0 Å². The Bertz CT molecular complexity index is 1670. The first kappa shape index (κ1) is 20.5. The van der Waals surface area contributed by atoms with Gasteiger partial charge in [-0.2, -0.15) is 0 Å². The Morgan fingerprint density at radius 1 is 0.417 bits per heavy atom. The Hall–Kier alpha value is -3.64. The van der Waals surface area contributed by atoms with Gasteiger partial charge in [0.1, 0.15) is 0 Å². The molecule has 0 heterocycles. The summed E-state index contributed by atoms with van der Waals surface area (Å²) in [6.45, 7) is 0. The lowest BCUT2D eigenvalue weighted by Gasteiger charge is -2.38. The van der Waals surface area contributed by atoms with Crippen molar-refractivity contribution in [1.82, 2.24) is 0 Å². The lowest BCUT2D eigenvalue weighted by atomic mass is 9.66. The van der Waals surface area contributed by atoms with Crippen LogP contribution in [-0.2, 0) is 12.8 Å². The molecule has 0 N–H and O–H groups in total. The molecule has 6 aromatic carbocycles. The van der Waals surface area contributed by atoms with Crippen molar-refractivity contribution in [2.45, 2.75) is 50.4 Å². The van der Waals surface area contributed by atoms with E-state index in [0.717, 1.165) is 12.8 Å². The molecule has 5 aliphatic carbocycles. The standard InChI is InChI=1S/C36H30/c1-2-8-24-20-26-14-16-28(22-36(26)34-12-6-4-10-30(24)34)32-18-17-31(32)27-15-13-25-19-23(7-1)29-9-3-5-11-33(29)35(25)21-27/h3-6,9-16,19-22,31-32H,1-2,7-8,17-18H2/t31-,32+. The smallest absolute Gasteiger partial charge is 0.00926 e. The first-order chi connectivity index (χ1) is 17.8. The van der Waals surface area contributed by atoms with Crippen molar-refractivity contribution >= 4 is 43.1 Å². The fourth-order valence-electron chi connectivity index (χ4n) is 7.20. The van der Waals surface area contributed by atoms with Gasteiger partial charge in [-0.1, -0.05) is 97.1 Å². The van der Waals surface area contributed by atoms with E-state index in [2.05, 4.69) is 97.1 Å². The highest BCUT2D eigenvalue weighted by Crippen LogP contribution is 2.50. The van der Waals surface area contributed by atoms with Crippen molar-refractivity contribution in [2.75, 3.05) is 0 Å². The Kier molecular flexibility index (Phi) is 4.53. The second-order valence-corrected chi connectivity index (χ2v) is 11.1. The third kappa shape index (κ3) is 3.07. The van der Waals surface area contributed by atoms with Crippen LogP contribution in [0.2, 0.25) is 0 Å². The van der Waals surface area contributed by atoms with E-state index in [1.54, 1.807) is 0 Å². The lowest BCUT2D eigenvalue weighted by molar-refractivity contribution is 0.347. The number of hydrogen-bond acceptors (Lipinski definition) is 0. The van der Waals surface area contributed by atoms with E-state index in [9.17, 15) is 0 Å². The molecule has 8 bridgehead atoms. The van der Waals surface area contributed by atoms with E-state index in [1.807, 2.05) is 0 Å². The molecule has 0 heteroatoms. The second kappa shape index (κ2) is 7.93. The normalized spacial score (nSPS) is 19.6. The fourth-order valence-corrected chi connectivity index (χ4v) is 7.20. The molecular formula is C36H30. The molecule has 174 valence electrons. The summed E-state index contributed by atoms with van der Waals surface area (Å²) < 4.78 is 0. The summed E-state index contributed by atoms with van der Waals surface area (Å²) in [5, 5.41) is 11.4. The topological polar surface area (TPSA) is 0 Å². The summed E-state index contributed by atoms with van der Waals surface area (Å²) in [4.78, 5) is 0. The quantitative estimate of drug-likeness (QED) is 0.197. The van der Waals surface area contributed by atoms with Crippen molar-refractivity contribution in [3.63, 3.8) is 0 Å². The summed E-state index contributed by atoms with van der Waals surface area (Å²) in [5.41, 5.74) is 6.03. The molecule has 0 aromatic heterocycles. The van der Waals surface area contributed by atoms with Crippen LogP contribution in [0.3, 0.4) is 0 Å². The van der Waals surface area contributed by atoms with Gasteiger partial charge in [-0.15, -0.1) is 0 Å². The number of aryl methyl sites for hydroxylation is 2. The SMILES string of the molecule is c1ccc2c(c1)c1cc3ccc(cc32)[C@H]2CC[C@H]2c2ccc3cc(c4ccccc4c3c2)CCCC1. The minimum Gasteiger partial charge on any atom is -0.0616 e. The zero-order valence-corrected chi connectivity index (χ0v) is 20.6. The Labute approximate surface area is 212 Å². The van der Waals surface area contributed by atoms with Gasteiger partial charge in [-0.05, 0) is 116 Å². The van der Waals surface area contributed by atoms with Gasteiger partial charge < -0.3 is 0 Å². The predicted octanol–water partition coefficient (Wildman–Crippen LogP) is 9.84. The average Bonchev–Trinajstić information content (AvgIpc) is 2.90. The lowest BCUT2D eigenvalue weighted by Crippen LogP contribution is -2.21. The van der Waals surface area contributed by atoms with E-state index in [4.69, 9.17) is 0 Å². The fraction of sp³-hybridized carbons (Fsp3) is 0.222. The first-order valence-corrected chi connectivity index (χ1v) is 13.7. The summed E-state index contributed by atoms with van der Waals surface area (Å²) >= 11 is 0. The maximum atomic E-state index is 2.52. The molecule has 1 fully saturated rings. The monoisotopic (exact) mass is 462 g/mol. The first-order valence-electron chi connectivity index (χ1n) is 13.7. The highest BCUT2D eigenvalue weighted by molar-refractivity contribution is 6.10. The molecular weight excluding hydrogens is 432 g/mol. The predicted molar refractivity (Wildman–Crippen MR) is 154 cm³/mol. The largest absolute Gasteiger partial charge is 0.0616 e. The van der Waals surface area contributed by atoms with Gasteiger partial charge in [0, 0.05) is 0 Å². The van der Waals surface area contributed by atoms with Crippen LogP contribution in [0.4, 0.5) is 0 Å². The summed E-state index contributed by atoms with van der Waals surface area (Å²) in [6, 6.07) is 37.8. The third-order valence-electron chi connectivity index (χ3n) is 9.21. The van der Waals surface area contributed by atoms with E-state index in [0.29, 0.717) is 11.8 Å². The molecule has 0 unspecified atom stereocenters. The second-order valence-electron chi connectivity index (χ2n) is 11.1. The zero-order valence-electron chi connectivity index (χ0n) is 20.6. The van der Waals surface area contributed by atoms with Crippen molar-refractivity contribution in [2.24, 2.45) is 0 Å². The van der Waals surface area contributed by atoms with Gasteiger partial charge in [0.15, 0.2) is 0 Å². The van der Waals surface area contributed by atoms with E-state index < -0.39 is 0 Å². The Morgan fingerprint density at radius 2 is 0.861 bits per heavy atom. The molecule has 6 aromatic rings. The number of benzene rings is 6. The van der Waals surface area contributed by atoms with Gasteiger partial charge in [-0.3, -0.25) is 0 Å². The summed E-state index contributed by atoms with van der Waals surface area (Å²) in [5.74, 6) is 1.21. The van der Waals surface area contributed by atoms with Crippen LogP contribution in [-0.4, -0.2) is 0 Å².